The van der Waals surface area contributed by atoms with Crippen LogP contribution in [0.1, 0.15) is 92.4 Å². The molecule has 0 saturated heterocycles. The Labute approximate surface area is 145 Å². The average molecular weight is 334 g/mol. The molecule has 0 fully saturated rings. The van der Waals surface area contributed by atoms with E-state index < -0.39 is 5.97 Å². The van der Waals surface area contributed by atoms with Crippen LogP contribution in [0.2, 0.25) is 0 Å². The summed E-state index contributed by atoms with van der Waals surface area (Å²) in [7, 11) is 0. The second kappa shape index (κ2) is 19.9. The van der Waals surface area contributed by atoms with Crippen molar-refractivity contribution in [2.24, 2.45) is 5.73 Å². The van der Waals surface area contributed by atoms with Gasteiger partial charge >= 0.3 is 0 Å². The molecule has 0 spiro atoms. The maximum Gasteiger partial charge on any atom is 0.282 e. The average Bonchev–Trinajstić information content (AvgIpc) is 2.55. The van der Waals surface area contributed by atoms with Gasteiger partial charge in [-0.15, -0.1) is 0 Å². The van der Waals surface area contributed by atoms with Crippen LogP contribution in [0.25, 0.3) is 0 Å². The fourth-order valence-electron chi connectivity index (χ4n) is 2.30. The van der Waals surface area contributed by atoms with Crippen LogP contribution in [-0.4, -0.2) is 32.3 Å². The number of hydrogen-bond donors (Lipinski definition) is 1. The zero-order chi connectivity index (χ0) is 17.8. The molecule has 0 aliphatic rings. The summed E-state index contributed by atoms with van der Waals surface area (Å²) in [6.45, 7) is 12.9. The third-order valence-electron chi connectivity index (χ3n) is 3.47. The highest BCUT2D eigenvalue weighted by molar-refractivity contribution is 4.59. The van der Waals surface area contributed by atoms with Gasteiger partial charge in [-0.05, 0) is 40.2 Å². The van der Waals surface area contributed by atoms with Crippen molar-refractivity contribution in [3.63, 3.8) is 0 Å². The molecule has 2 N–H and O–H groups in total. The molecule has 4 heteroatoms. The summed E-state index contributed by atoms with van der Waals surface area (Å²) < 4.78 is 17.1. The number of unbranched alkanes of at least 4 members (excludes halogenated alkanes) is 6. The molecule has 0 atom stereocenters. The normalized spacial score (nSPS) is 11.2. The molecule has 0 aliphatic carbocycles. The van der Waals surface area contributed by atoms with Crippen LogP contribution in [0.5, 0.6) is 0 Å². The van der Waals surface area contributed by atoms with Gasteiger partial charge in [0.05, 0.1) is 0 Å². The van der Waals surface area contributed by atoms with Gasteiger partial charge in [-0.2, -0.15) is 0 Å². The molecule has 4 nitrogen and oxygen atoms in total. The Kier molecular flexibility index (Phi) is 21.7. The zero-order valence-electron chi connectivity index (χ0n) is 16.5. The lowest BCUT2D eigenvalue weighted by Gasteiger charge is -2.32. The Bertz CT molecular complexity index is 194. The first-order chi connectivity index (χ1) is 11.2. The molecule has 0 radical (unpaired) electrons. The van der Waals surface area contributed by atoms with Gasteiger partial charge in [-0.3, -0.25) is 0 Å². The highest BCUT2D eigenvalue weighted by Crippen LogP contribution is 2.24. The van der Waals surface area contributed by atoms with Crippen molar-refractivity contribution < 1.29 is 14.2 Å². The Morgan fingerprint density at radius 2 is 1.00 bits per heavy atom. The number of ether oxygens (including phenoxy) is 3. The topological polar surface area (TPSA) is 53.7 Å². The van der Waals surface area contributed by atoms with Gasteiger partial charge in [0, 0.05) is 26.2 Å². The summed E-state index contributed by atoms with van der Waals surface area (Å²) in [5, 5.41) is 0. The van der Waals surface area contributed by atoms with Crippen molar-refractivity contribution in [2.75, 3.05) is 26.4 Å². The number of rotatable bonds is 15. The Hall–Kier alpha value is -0.160. The summed E-state index contributed by atoms with van der Waals surface area (Å²) in [6, 6.07) is 0. The Balaban J connectivity index is 0. The summed E-state index contributed by atoms with van der Waals surface area (Å²) in [6.07, 6.45) is 11.0. The van der Waals surface area contributed by atoms with Crippen LogP contribution in [0.15, 0.2) is 0 Å². The Morgan fingerprint density at radius 3 is 1.35 bits per heavy atom. The van der Waals surface area contributed by atoms with Gasteiger partial charge in [0.1, 0.15) is 0 Å². The van der Waals surface area contributed by atoms with E-state index in [0.29, 0.717) is 19.8 Å². The quantitative estimate of drug-likeness (QED) is 0.329. The molecule has 0 aromatic carbocycles. The minimum atomic E-state index is -0.804. The van der Waals surface area contributed by atoms with Crippen LogP contribution in [0, 0.1) is 0 Å². The first-order valence-corrected chi connectivity index (χ1v) is 9.78. The summed E-state index contributed by atoms with van der Waals surface area (Å²) in [5.74, 6) is -0.804. The lowest BCUT2D eigenvalue weighted by molar-refractivity contribution is -0.380. The third kappa shape index (κ3) is 16.5. The molecule has 0 unspecified atom stereocenters. The summed E-state index contributed by atoms with van der Waals surface area (Å²) in [5.41, 5.74) is 5.03. The minimum absolute atomic E-state index is 0.622. The van der Waals surface area contributed by atoms with E-state index in [4.69, 9.17) is 19.9 Å². The lowest BCUT2D eigenvalue weighted by atomic mass is 10.1. The van der Waals surface area contributed by atoms with Gasteiger partial charge in [0.25, 0.3) is 5.97 Å². The van der Waals surface area contributed by atoms with Crippen LogP contribution < -0.4 is 5.73 Å². The molecule has 23 heavy (non-hydrogen) atoms. The van der Waals surface area contributed by atoms with E-state index in [9.17, 15) is 0 Å². The molecule has 0 aromatic heterocycles. The summed E-state index contributed by atoms with van der Waals surface area (Å²) in [4.78, 5) is 0. The van der Waals surface area contributed by atoms with Crippen LogP contribution in [0.4, 0.5) is 0 Å². The van der Waals surface area contributed by atoms with Gasteiger partial charge in [0.15, 0.2) is 0 Å². The number of nitrogens with two attached hydrogens (primary N) is 1. The minimum Gasteiger partial charge on any atom is -0.330 e. The van der Waals surface area contributed by atoms with E-state index in [0.717, 1.165) is 25.8 Å². The maximum absolute atomic E-state index is 5.71. The van der Waals surface area contributed by atoms with E-state index in [1.54, 1.807) is 0 Å². The summed E-state index contributed by atoms with van der Waals surface area (Å²) >= 11 is 0. The van der Waals surface area contributed by atoms with Crippen molar-refractivity contribution >= 4 is 0 Å². The standard InChI is InChI=1S/C16H34O3.C3H9N/c1-5-9-10-11-12-13-14-15-16(17-6-2,18-7-3)19-8-4;1-2-3-4/h5-15H2,1-4H3;2-4H2,1H3. The Morgan fingerprint density at radius 1 is 0.609 bits per heavy atom. The van der Waals surface area contributed by atoms with E-state index >= 15 is 0 Å². The predicted octanol–water partition coefficient (Wildman–Crippen LogP) is 5.25. The van der Waals surface area contributed by atoms with Gasteiger partial charge < -0.3 is 19.9 Å². The fourth-order valence-corrected chi connectivity index (χ4v) is 2.30. The smallest absolute Gasteiger partial charge is 0.282 e. The van der Waals surface area contributed by atoms with Crippen molar-refractivity contribution in [2.45, 2.75) is 98.4 Å². The van der Waals surface area contributed by atoms with Gasteiger partial charge in [0.2, 0.25) is 0 Å². The van der Waals surface area contributed by atoms with Crippen molar-refractivity contribution in [3.8, 4) is 0 Å². The molecule has 142 valence electrons. The molecular formula is C19H43NO3. The fraction of sp³-hybridized carbons (Fsp3) is 1.00. The molecule has 0 saturated carbocycles. The molecule has 0 heterocycles. The first kappa shape index (κ1) is 25.1. The van der Waals surface area contributed by atoms with Crippen molar-refractivity contribution in [3.05, 3.63) is 0 Å². The third-order valence-corrected chi connectivity index (χ3v) is 3.47. The SMILES string of the molecule is CCCCCCCCCC(OCC)(OCC)OCC.CCCN. The predicted molar refractivity (Wildman–Crippen MR) is 99.6 cm³/mol. The van der Waals surface area contributed by atoms with E-state index in [2.05, 4.69) is 13.8 Å². The monoisotopic (exact) mass is 333 g/mol. The van der Waals surface area contributed by atoms with Crippen molar-refractivity contribution in [1.29, 1.82) is 0 Å². The van der Waals surface area contributed by atoms with Crippen LogP contribution in [0.3, 0.4) is 0 Å². The largest absolute Gasteiger partial charge is 0.330 e. The molecule has 0 aromatic rings. The van der Waals surface area contributed by atoms with Gasteiger partial charge in [-0.1, -0.05) is 52.4 Å². The molecule has 0 rings (SSSR count). The van der Waals surface area contributed by atoms with Crippen LogP contribution >= 0.6 is 0 Å². The van der Waals surface area contributed by atoms with E-state index in [1.807, 2.05) is 20.8 Å². The number of hydrogen-bond acceptors (Lipinski definition) is 4. The lowest BCUT2D eigenvalue weighted by Crippen LogP contribution is -2.39. The zero-order valence-corrected chi connectivity index (χ0v) is 16.5. The van der Waals surface area contributed by atoms with Gasteiger partial charge in [-0.25, -0.2) is 0 Å². The first-order valence-electron chi connectivity index (χ1n) is 9.78. The van der Waals surface area contributed by atoms with Crippen LogP contribution in [-0.2, 0) is 14.2 Å². The molecule has 0 bridgehead atoms. The van der Waals surface area contributed by atoms with E-state index in [1.165, 1.54) is 38.5 Å². The molecule has 0 aliphatic heterocycles. The molecular weight excluding hydrogens is 290 g/mol. The molecule has 0 amide bonds. The highest BCUT2D eigenvalue weighted by atomic mass is 16.9. The second-order valence-corrected chi connectivity index (χ2v) is 5.64. The maximum atomic E-state index is 5.71. The van der Waals surface area contributed by atoms with Crippen molar-refractivity contribution in [1.82, 2.24) is 0 Å². The highest BCUT2D eigenvalue weighted by Gasteiger charge is 2.31. The second-order valence-electron chi connectivity index (χ2n) is 5.64. The van der Waals surface area contributed by atoms with E-state index in [-0.39, 0.29) is 0 Å².